The smallest absolute Gasteiger partial charge is 0.352 e. The summed E-state index contributed by atoms with van der Waals surface area (Å²) in [4.78, 5) is 127. The standard InChI is InChI=1S/C48H83N17O11/c1-28-10-6-11-29(24-28)25-35(43(71)60-31(13-3-5-19-50)42(70)62-34(47(75)76)15-8-22-57-48(55)56)63-44(72)36-16-9-23-65(36)46(74)33(14-7-20-51)59-38(67)27-58-41(69)32(17-21-52)61-45(73)39(37(66)26-53)64-40(68)30(54)12-2-4-18-49/h6,10-11,15,24,30-33,35-37,39,66H,2-5,7-9,12-14,16-23,25-27,49-54H2,1H3,(H,58,69)(H,59,67)(H,60,71)(H,61,73)(H,62,70)(H,63,72)(H,64,68)(H,75,76)(H4,55,56,57)/b34-15-/t30?,31-,32-,33+,35-,36-,37-,39+/m0/s1. The number of unbranched alkanes of at least 4 members (excludes halogenated alkanes) is 2. The third-order valence-corrected chi connectivity index (χ3v) is 12.2. The number of amides is 8. The van der Waals surface area contributed by atoms with Crippen molar-refractivity contribution in [1.29, 1.82) is 0 Å². The fourth-order valence-electron chi connectivity index (χ4n) is 8.09. The van der Waals surface area contributed by atoms with E-state index < -0.39 is 120 Å². The van der Waals surface area contributed by atoms with Crippen LogP contribution < -0.4 is 83.1 Å². The molecule has 1 aromatic carbocycles. The number of rotatable bonds is 36. The molecule has 1 aliphatic rings. The number of aliphatic carboxylic acids is 1. The SMILES string of the molecule is Cc1cccc(C[C@H](NC(=O)[C@@H]2CCCN2C(=O)[C@@H](CCCN)NC(=O)CNC(=O)[C@H](CCN)NC(=O)[C@H](NC(=O)C(N)CCCCN)[C@@H](O)CN)C(=O)N[C@@H](CCCCN)C(=O)N/C(=C\CCN=C(N)N)C(=O)O)c1. The van der Waals surface area contributed by atoms with Crippen LogP contribution in [0.3, 0.4) is 0 Å². The highest BCUT2D eigenvalue weighted by molar-refractivity contribution is 5.99. The summed E-state index contributed by atoms with van der Waals surface area (Å²) in [6.07, 6.45) is 2.74. The minimum atomic E-state index is -1.60. The van der Waals surface area contributed by atoms with Crippen LogP contribution in [-0.2, 0) is 49.6 Å². The Morgan fingerprint density at radius 1 is 0.737 bits per heavy atom. The molecule has 0 bridgehead atoms. The van der Waals surface area contributed by atoms with Crippen LogP contribution in [0.1, 0.15) is 88.2 Å². The van der Waals surface area contributed by atoms with Gasteiger partial charge in [0.25, 0.3) is 0 Å². The van der Waals surface area contributed by atoms with Crippen molar-refractivity contribution in [2.45, 2.75) is 139 Å². The fraction of sp³-hybridized carbons (Fsp3) is 0.625. The summed E-state index contributed by atoms with van der Waals surface area (Å²) < 4.78 is 0. The van der Waals surface area contributed by atoms with Crippen LogP contribution in [0.25, 0.3) is 0 Å². The van der Waals surface area contributed by atoms with E-state index in [1.807, 2.05) is 19.1 Å². The molecule has 1 fully saturated rings. The zero-order chi connectivity index (χ0) is 56.7. The molecule has 1 saturated heterocycles. The number of carbonyl (C=O) groups excluding carboxylic acids is 8. The van der Waals surface area contributed by atoms with Gasteiger partial charge in [0.1, 0.15) is 41.9 Å². The van der Waals surface area contributed by atoms with Gasteiger partial charge in [0.2, 0.25) is 47.3 Å². The number of guanidine groups is 1. The van der Waals surface area contributed by atoms with Crippen molar-refractivity contribution >= 4 is 59.2 Å². The number of aliphatic imine (C=N–C) groups is 1. The molecule has 1 aromatic rings. The topological polar surface area (TPSA) is 502 Å². The van der Waals surface area contributed by atoms with Gasteiger partial charge in [-0.3, -0.25) is 43.3 Å². The summed E-state index contributed by atoms with van der Waals surface area (Å²) in [6, 6.07) is -1.70. The average Bonchev–Trinajstić information content (AvgIpc) is 3.88. The van der Waals surface area contributed by atoms with Gasteiger partial charge in [-0.1, -0.05) is 42.3 Å². The highest BCUT2D eigenvalue weighted by Crippen LogP contribution is 2.21. The van der Waals surface area contributed by atoms with Gasteiger partial charge in [0, 0.05) is 26.1 Å². The van der Waals surface area contributed by atoms with E-state index in [0.717, 1.165) is 5.56 Å². The molecule has 0 aliphatic carbocycles. The number of nitrogens with two attached hydrogens (primary N) is 8. The van der Waals surface area contributed by atoms with Crippen LogP contribution in [0, 0.1) is 6.92 Å². The number of hydrogen-bond donors (Lipinski definition) is 17. The highest BCUT2D eigenvalue weighted by Gasteiger charge is 2.40. The molecule has 2 rings (SSSR count). The van der Waals surface area contributed by atoms with E-state index in [0.29, 0.717) is 44.2 Å². The number of benzene rings is 1. The summed E-state index contributed by atoms with van der Waals surface area (Å²) >= 11 is 0. The fourth-order valence-corrected chi connectivity index (χ4v) is 8.09. The number of carboxylic acid groups (broad SMARTS) is 1. The van der Waals surface area contributed by atoms with E-state index in [2.05, 4.69) is 42.2 Å². The van der Waals surface area contributed by atoms with Crippen LogP contribution >= 0.6 is 0 Å². The van der Waals surface area contributed by atoms with Gasteiger partial charge in [-0.15, -0.1) is 0 Å². The maximum atomic E-state index is 14.3. The molecule has 0 aromatic heterocycles. The van der Waals surface area contributed by atoms with E-state index in [4.69, 9.17) is 45.9 Å². The lowest BCUT2D eigenvalue weighted by molar-refractivity contribution is -0.142. The molecule has 8 amide bonds. The summed E-state index contributed by atoms with van der Waals surface area (Å²) in [7, 11) is 0. The molecule has 1 unspecified atom stereocenters. The second-order valence-corrected chi connectivity index (χ2v) is 18.4. The van der Waals surface area contributed by atoms with Crippen molar-refractivity contribution in [2.24, 2.45) is 50.9 Å². The van der Waals surface area contributed by atoms with E-state index in [1.165, 1.54) is 11.0 Å². The lowest BCUT2D eigenvalue weighted by Gasteiger charge is -2.30. The quantitative estimate of drug-likeness (QED) is 0.0129. The molecule has 0 radical (unpaired) electrons. The Bertz CT molecular complexity index is 2140. The second kappa shape index (κ2) is 35.4. The molecule has 28 heteroatoms. The van der Waals surface area contributed by atoms with Crippen molar-refractivity contribution in [1.82, 2.24) is 42.1 Å². The first-order chi connectivity index (χ1) is 36.2. The normalized spacial score (nSPS) is 16.1. The van der Waals surface area contributed by atoms with Crippen molar-refractivity contribution in [3.8, 4) is 0 Å². The van der Waals surface area contributed by atoms with Gasteiger partial charge in [-0.2, -0.15) is 0 Å². The second-order valence-electron chi connectivity index (χ2n) is 18.4. The van der Waals surface area contributed by atoms with E-state index in [1.54, 1.807) is 12.1 Å². The minimum absolute atomic E-state index is 0.0417. The Morgan fingerprint density at radius 2 is 1.38 bits per heavy atom. The molecule has 76 heavy (non-hydrogen) atoms. The summed E-state index contributed by atoms with van der Waals surface area (Å²) in [5.41, 5.74) is 46.1. The Hall–Kier alpha value is -6.82. The minimum Gasteiger partial charge on any atom is -0.477 e. The monoisotopic (exact) mass is 1070 g/mol. The van der Waals surface area contributed by atoms with Crippen LogP contribution in [0.5, 0.6) is 0 Å². The first-order valence-electron chi connectivity index (χ1n) is 25.6. The van der Waals surface area contributed by atoms with Gasteiger partial charge in [-0.25, -0.2) is 4.79 Å². The Kier molecular flexibility index (Phi) is 30.4. The lowest BCUT2D eigenvalue weighted by Crippen LogP contribution is -2.61. The zero-order valence-electron chi connectivity index (χ0n) is 43.4. The number of aliphatic hydroxyl groups is 1. The molecule has 8 atom stereocenters. The number of carboxylic acids is 1. The Morgan fingerprint density at radius 3 is 2.00 bits per heavy atom. The molecule has 0 spiro atoms. The van der Waals surface area contributed by atoms with Gasteiger partial charge in [-0.05, 0) is 109 Å². The van der Waals surface area contributed by atoms with Gasteiger partial charge < -0.3 is 98.2 Å². The van der Waals surface area contributed by atoms with E-state index in [-0.39, 0.29) is 90.0 Å². The number of aryl methyl sites for hydroxylation is 1. The largest absolute Gasteiger partial charge is 0.477 e. The van der Waals surface area contributed by atoms with Crippen LogP contribution in [0.4, 0.5) is 0 Å². The average molecular weight is 1070 g/mol. The summed E-state index contributed by atoms with van der Waals surface area (Å²) in [5, 5.41) is 38.0. The molecule has 1 heterocycles. The third-order valence-electron chi connectivity index (χ3n) is 12.2. The van der Waals surface area contributed by atoms with E-state index in [9.17, 15) is 53.4 Å². The highest BCUT2D eigenvalue weighted by atomic mass is 16.4. The first kappa shape index (κ1) is 65.3. The van der Waals surface area contributed by atoms with E-state index >= 15 is 0 Å². The number of carbonyl (C=O) groups is 9. The molecular formula is C48H83N17O11. The first-order valence-corrected chi connectivity index (χ1v) is 25.6. The predicted molar refractivity (Wildman–Crippen MR) is 282 cm³/mol. The molecule has 28 nitrogen and oxygen atoms in total. The number of hydrogen-bond acceptors (Lipinski definition) is 17. The lowest BCUT2D eigenvalue weighted by atomic mass is 10.0. The van der Waals surface area contributed by atoms with Crippen molar-refractivity contribution in [3.05, 3.63) is 47.2 Å². The molecule has 0 saturated carbocycles. The van der Waals surface area contributed by atoms with Gasteiger partial charge >= 0.3 is 5.97 Å². The van der Waals surface area contributed by atoms with Crippen LogP contribution in [0.2, 0.25) is 0 Å². The number of nitrogens with one attached hydrogen (secondary N) is 7. The van der Waals surface area contributed by atoms with Crippen molar-refractivity contribution in [2.75, 3.05) is 52.4 Å². The maximum absolute atomic E-state index is 14.3. The van der Waals surface area contributed by atoms with Gasteiger partial charge in [0.15, 0.2) is 5.96 Å². The molecule has 25 N–H and O–H groups in total. The third kappa shape index (κ3) is 23.4. The van der Waals surface area contributed by atoms with Crippen molar-refractivity contribution in [3.63, 3.8) is 0 Å². The predicted octanol–water partition coefficient (Wildman–Crippen LogP) is -6.19. The molecule has 1 aliphatic heterocycles. The Labute approximate surface area is 442 Å². The molecule has 426 valence electrons. The molecular weight excluding hydrogens is 991 g/mol. The summed E-state index contributed by atoms with van der Waals surface area (Å²) in [5.74, 6) is -7.98. The number of aliphatic hydroxyl groups excluding tert-OH is 1. The summed E-state index contributed by atoms with van der Waals surface area (Å²) in [6.45, 7) is 1.58. The zero-order valence-corrected chi connectivity index (χ0v) is 43.4. The number of likely N-dealkylation sites (tertiary alicyclic amines) is 1. The maximum Gasteiger partial charge on any atom is 0.352 e. The van der Waals surface area contributed by atoms with Crippen molar-refractivity contribution < 1.29 is 53.4 Å². The number of nitrogens with zero attached hydrogens (tertiary/aromatic N) is 2. The van der Waals surface area contributed by atoms with Crippen LogP contribution in [-0.4, -0.2) is 175 Å². The van der Waals surface area contributed by atoms with Gasteiger partial charge in [0.05, 0.1) is 18.7 Å². The Balaban J connectivity index is 2.30. The van der Waals surface area contributed by atoms with Crippen LogP contribution in [0.15, 0.2) is 41.0 Å².